The maximum atomic E-state index is 5.26. The number of ether oxygens (including phenoxy) is 1. The van der Waals surface area contributed by atoms with Crippen LogP contribution >= 0.6 is 0 Å². The van der Waals surface area contributed by atoms with Crippen molar-refractivity contribution in [1.29, 1.82) is 0 Å². The summed E-state index contributed by atoms with van der Waals surface area (Å²) in [7, 11) is 1.70. The van der Waals surface area contributed by atoms with Gasteiger partial charge in [0.2, 0.25) is 0 Å². The second kappa shape index (κ2) is 8.67. The summed E-state index contributed by atoms with van der Waals surface area (Å²) in [5.41, 5.74) is 1.25. The van der Waals surface area contributed by atoms with E-state index in [1.54, 1.807) is 13.4 Å². The third-order valence-electron chi connectivity index (χ3n) is 6.07. The number of benzene rings is 1. The smallest absolute Gasteiger partial charge is 0.134 e. The molecule has 6 heteroatoms. The van der Waals surface area contributed by atoms with Crippen molar-refractivity contribution >= 4 is 17.3 Å². The van der Waals surface area contributed by atoms with Crippen LogP contribution in [0.15, 0.2) is 36.7 Å². The fraction of sp³-hybridized carbons (Fsp3) is 0.545. The van der Waals surface area contributed by atoms with Gasteiger partial charge in [0, 0.05) is 50.5 Å². The standard InChI is InChI=1S/C22H31N5O/c1-3-18-6-4-5-11-27(18)22-16-21(23-17-24-22)26-14-12-25(13-15-26)19-7-9-20(28-2)10-8-19/h7-10,16-18H,3-6,11-15H2,1-2H3. The topological polar surface area (TPSA) is 44.7 Å². The molecule has 0 spiro atoms. The predicted octanol–water partition coefficient (Wildman–Crippen LogP) is 3.58. The zero-order valence-corrected chi connectivity index (χ0v) is 17.0. The molecule has 6 nitrogen and oxygen atoms in total. The van der Waals surface area contributed by atoms with Gasteiger partial charge in [-0.1, -0.05) is 6.92 Å². The molecule has 0 N–H and O–H groups in total. The first kappa shape index (κ1) is 18.8. The summed E-state index contributed by atoms with van der Waals surface area (Å²) in [5, 5.41) is 0. The van der Waals surface area contributed by atoms with Crippen LogP contribution in [0.5, 0.6) is 5.75 Å². The monoisotopic (exact) mass is 381 g/mol. The summed E-state index contributed by atoms with van der Waals surface area (Å²) in [5.74, 6) is 3.05. The summed E-state index contributed by atoms with van der Waals surface area (Å²) in [6.45, 7) is 7.32. The van der Waals surface area contributed by atoms with Crippen LogP contribution in [0.25, 0.3) is 0 Å². The van der Waals surface area contributed by atoms with Gasteiger partial charge in [-0.2, -0.15) is 0 Å². The van der Waals surface area contributed by atoms with Crippen molar-refractivity contribution in [2.24, 2.45) is 0 Å². The van der Waals surface area contributed by atoms with Crippen molar-refractivity contribution in [2.75, 3.05) is 54.5 Å². The van der Waals surface area contributed by atoms with Crippen LogP contribution in [0.1, 0.15) is 32.6 Å². The van der Waals surface area contributed by atoms with E-state index in [1.807, 2.05) is 12.1 Å². The quantitative estimate of drug-likeness (QED) is 0.789. The molecule has 2 aliphatic heterocycles. The van der Waals surface area contributed by atoms with Crippen LogP contribution in [-0.2, 0) is 0 Å². The van der Waals surface area contributed by atoms with Crippen LogP contribution in [0.3, 0.4) is 0 Å². The summed E-state index contributed by atoms with van der Waals surface area (Å²) in [6, 6.07) is 11.1. The van der Waals surface area contributed by atoms with E-state index in [4.69, 9.17) is 4.74 Å². The van der Waals surface area contributed by atoms with Gasteiger partial charge in [0.15, 0.2) is 0 Å². The Labute approximate surface area is 168 Å². The maximum absolute atomic E-state index is 5.26. The second-order valence-corrected chi connectivity index (χ2v) is 7.66. The van der Waals surface area contributed by atoms with Crippen molar-refractivity contribution in [3.05, 3.63) is 36.7 Å². The Morgan fingerprint density at radius 1 is 0.929 bits per heavy atom. The van der Waals surface area contributed by atoms with E-state index in [9.17, 15) is 0 Å². The Kier molecular flexibility index (Phi) is 5.84. The molecule has 1 aromatic carbocycles. The molecule has 0 aliphatic carbocycles. The first-order valence-corrected chi connectivity index (χ1v) is 10.5. The number of methoxy groups -OCH3 is 1. The molecule has 4 rings (SSSR count). The molecule has 1 aromatic heterocycles. The van der Waals surface area contributed by atoms with E-state index in [-0.39, 0.29) is 0 Å². The van der Waals surface area contributed by atoms with Gasteiger partial charge in [-0.3, -0.25) is 0 Å². The summed E-state index contributed by atoms with van der Waals surface area (Å²) in [4.78, 5) is 16.5. The highest BCUT2D eigenvalue weighted by Gasteiger charge is 2.24. The van der Waals surface area contributed by atoms with Crippen molar-refractivity contribution < 1.29 is 4.74 Å². The summed E-state index contributed by atoms with van der Waals surface area (Å²) >= 11 is 0. The summed E-state index contributed by atoms with van der Waals surface area (Å²) in [6.07, 6.45) is 6.79. The van der Waals surface area contributed by atoms with E-state index in [2.05, 4.69) is 49.8 Å². The highest BCUT2D eigenvalue weighted by molar-refractivity contribution is 5.54. The van der Waals surface area contributed by atoms with Gasteiger partial charge in [-0.15, -0.1) is 0 Å². The average molecular weight is 382 g/mol. The molecular weight excluding hydrogens is 350 g/mol. The maximum Gasteiger partial charge on any atom is 0.134 e. The van der Waals surface area contributed by atoms with Gasteiger partial charge in [-0.05, 0) is 49.9 Å². The van der Waals surface area contributed by atoms with Gasteiger partial charge < -0.3 is 19.4 Å². The number of piperazine rings is 1. The molecule has 2 saturated heterocycles. The van der Waals surface area contributed by atoms with Crippen molar-refractivity contribution in [3.63, 3.8) is 0 Å². The molecule has 3 heterocycles. The van der Waals surface area contributed by atoms with Gasteiger partial charge in [0.1, 0.15) is 23.7 Å². The van der Waals surface area contributed by atoms with Gasteiger partial charge >= 0.3 is 0 Å². The SMILES string of the molecule is CCC1CCCCN1c1cc(N2CCN(c3ccc(OC)cc3)CC2)ncn1. The number of rotatable bonds is 5. The van der Waals surface area contributed by atoms with Crippen molar-refractivity contribution in [2.45, 2.75) is 38.6 Å². The number of hydrogen-bond acceptors (Lipinski definition) is 6. The van der Waals surface area contributed by atoms with Crippen LogP contribution < -0.4 is 19.4 Å². The minimum Gasteiger partial charge on any atom is -0.497 e. The average Bonchev–Trinajstić information content (AvgIpc) is 2.79. The lowest BCUT2D eigenvalue weighted by Crippen LogP contribution is -2.47. The minimum atomic E-state index is 0.614. The van der Waals surface area contributed by atoms with Crippen LogP contribution in [-0.4, -0.2) is 55.8 Å². The van der Waals surface area contributed by atoms with Gasteiger partial charge in [0.25, 0.3) is 0 Å². The lowest BCUT2D eigenvalue weighted by Gasteiger charge is -2.38. The van der Waals surface area contributed by atoms with Crippen LogP contribution in [0.4, 0.5) is 17.3 Å². The van der Waals surface area contributed by atoms with E-state index >= 15 is 0 Å². The number of aromatic nitrogens is 2. The minimum absolute atomic E-state index is 0.614. The molecule has 28 heavy (non-hydrogen) atoms. The molecule has 0 radical (unpaired) electrons. The molecular formula is C22H31N5O. The number of piperidine rings is 1. The highest BCUT2D eigenvalue weighted by atomic mass is 16.5. The fourth-order valence-corrected chi connectivity index (χ4v) is 4.38. The number of nitrogens with zero attached hydrogens (tertiary/aromatic N) is 5. The third-order valence-corrected chi connectivity index (χ3v) is 6.07. The van der Waals surface area contributed by atoms with E-state index in [1.165, 1.54) is 31.4 Å². The number of hydrogen-bond donors (Lipinski definition) is 0. The zero-order valence-electron chi connectivity index (χ0n) is 17.0. The predicted molar refractivity (Wildman–Crippen MR) is 115 cm³/mol. The molecule has 1 atom stereocenters. The zero-order chi connectivity index (χ0) is 19.3. The molecule has 1 unspecified atom stereocenters. The van der Waals surface area contributed by atoms with Crippen LogP contribution in [0, 0.1) is 0 Å². The molecule has 0 saturated carbocycles. The lowest BCUT2D eigenvalue weighted by molar-refractivity contribution is 0.415. The molecule has 0 bridgehead atoms. The Bertz CT molecular complexity index is 758. The second-order valence-electron chi connectivity index (χ2n) is 7.66. The first-order chi connectivity index (χ1) is 13.8. The van der Waals surface area contributed by atoms with Gasteiger partial charge in [0.05, 0.1) is 7.11 Å². The Morgan fingerprint density at radius 3 is 2.36 bits per heavy atom. The number of anilines is 3. The summed E-state index contributed by atoms with van der Waals surface area (Å²) < 4.78 is 5.26. The van der Waals surface area contributed by atoms with E-state index < -0.39 is 0 Å². The van der Waals surface area contributed by atoms with E-state index in [0.29, 0.717) is 6.04 Å². The van der Waals surface area contributed by atoms with Crippen molar-refractivity contribution in [1.82, 2.24) is 9.97 Å². The van der Waals surface area contributed by atoms with Crippen molar-refractivity contribution in [3.8, 4) is 5.75 Å². The molecule has 2 fully saturated rings. The Morgan fingerprint density at radius 2 is 1.64 bits per heavy atom. The first-order valence-electron chi connectivity index (χ1n) is 10.5. The fourth-order valence-electron chi connectivity index (χ4n) is 4.38. The molecule has 150 valence electrons. The largest absolute Gasteiger partial charge is 0.497 e. The molecule has 0 amide bonds. The molecule has 2 aromatic rings. The lowest BCUT2D eigenvalue weighted by atomic mass is 10.00. The highest BCUT2D eigenvalue weighted by Crippen LogP contribution is 2.27. The molecule has 2 aliphatic rings. The van der Waals surface area contributed by atoms with E-state index in [0.717, 1.165) is 50.1 Å². The normalized spacial score (nSPS) is 20.4. The Balaban J connectivity index is 1.41. The van der Waals surface area contributed by atoms with Crippen LogP contribution in [0.2, 0.25) is 0 Å². The third kappa shape index (κ3) is 4.01. The van der Waals surface area contributed by atoms with Gasteiger partial charge in [-0.25, -0.2) is 9.97 Å². The Hall–Kier alpha value is -2.50.